The van der Waals surface area contributed by atoms with Crippen LogP contribution in [0.25, 0.3) is 0 Å². The maximum atomic E-state index is 11.6. The molecular weight excluding hydrogens is 266 g/mol. The van der Waals surface area contributed by atoms with E-state index in [0.29, 0.717) is 6.54 Å². The Balaban J connectivity index is 1.81. The Morgan fingerprint density at radius 2 is 1.90 bits per heavy atom. The lowest BCUT2D eigenvalue weighted by Crippen LogP contribution is -2.29. The summed E-state index contributed by atoms with van der Waals surface area (Å²) in [7, 11) is 0. The molecule has 0 aromatic carbocycles. The number of nitrogens with zero attached hydrogens (tertiary/aromatic N) is 2. The summed E-state index contributed by atoms with van der Waals surface area (Å²) in [4.78, 5) is 11.6. The van der Waals surface area contributed by atoms with Gasteiger partial charge < -0.3 is 10.1 Å². The Kier molecular flexibility index (Phi) is 10.4. The van der Waals surface area contributed by atoms with E-state index in [2.05, 4.69) is 17.3 Å². The van der Waals surface area contributed by atoms with Gasteiger partial charge in [-0.05, 0) is 18.9 Å². The number of carbonyl (C=O) groups excluding carboxylic acids is 1. The molecule has 0 aliphatic heterocycles. The fraction of sp³-hybridized carbons (Fsp3) is 0.750. The van der Waals surface area contributed by atoms with Gasteiger partial charge in [0.2, 0.25) is 5.91 Å². The van der Waals surface area contributed by atoms with E-state index in [1.165, 1.54) is 32.1 Å². The van der Waals surface area contributed by atoms with Crippen LogP contribution in [0, 0.1) is 0 Å². The third kappa shape index (κ3) is 10.1. The molecule has 1 heterocycles. The number of carbonyl (C=O) groups is 1. The number of rotatable bonds is 13. The summed E-state index contributed by atoms with van der Waals surface area (Å²) in [5.41, 5.74) is 0. The molecule has 0 fully saturated rings. The van der Waals surface area contributed by atoms with Gasteiger partial charge in [0, 0.05) is 32.2 Å². The molecule has 1 N–H and O–H groups in total. The number of nitrogens with one attached hydrogen (secondary N) is 1. The molecule has 0 spiro atoms. The molecule has 0 saturated heterocycles. The highest BCUT2D eigenvalue weighted by Crippen LogP contribution is 2.04. The number of hydrogen-bond donors (Lipinski definition) is 1. The molecule has 5 heteroatoms. The Morgan fingerprint density at radius 1 is 1.14 bits per heavy atom. The van der Waals surface area contributed by atoms with Crippen LogP contribution in [0.1, 0.15) is 51.9 Å². The Morgan fingerprint density at radius 3 is 2.67 bits per heavy atom. The predicted octanol–water partition coefficient (Wildman–Crippen LogP) is 2.77. The second kappa shape index (κ2) is 12.4. The van der Waals surface area contributed by atoms with Gasteiger partial charge in [0.05, 0.1) is 0 Å². The van der Waals surface area contributed by atoms with Crippen molar-refractivity contribution in [3.8, 4) is 0 Å². The standard InChI is InChI=1S/C16H29N3O2/c1-2-3-4-5-6-7-13-21-14-9-10-17-16(20)15-19-12-8-11-18-19/h8,11-12H,2-7,9-10,13-15H2,1H3,(H,17,20). The fourth-order valence-electron chi connectivity index (χ4n) is 2.09. The van der Waals surface area contributed by atoms with E-state index < -0.39 is 0 Å². The SMILES string of the molecule is CCCCCCCCOCCCNC(=O)Cn1cccn1. The highest BCUT2D eigenvalue weighted by molar-refractivity contribution is 5.75. The molecule has 0 radical (unpaired) electrons. The smallest absolute Gasteiger partial charge is 0.241 e. The summed E-state index contributed by atoms with van der Waals surface area (Å²) >= 11 is 0. The number of ether oxygens (including phenoxy) is 1. The first-order valence-electron chi connectivity index (χ1n) is 8.14. The van der Waals surface area contributed by atoms with Crippen molar-refractivity contribution in [2.24, 2.45) is 0 Å². The molecule has 0 aliphatic carbocycles. The molecule has 120 valence electrons. The van der Waals surface area contributed by atoms with Gasteiger partial charge in [0.1, 0.15) is 6.54 Å². The van der Waals surface area contributed by atoms with Crippen LogP contribution in [0.15, 0.2) is 18.5 Å². The molecule has 0 atom stereocenters. The van der Waals surface area contributed by atoms with Gasteiger partial charge in [-0.1, -0.05) is 39.0 Å². The third-order valence-electron chi connectivity index (χ3n) is 3.29. The van der Waals surface area contributed by atoms with Crippen LogP contribution < -0.4 is 5.32 Å². The fourth-order valence-corrected chi connectivity index (χ4v) is 2.09. The van der Waals surface area contributed by atoms with E-state index in [-0.39, 0.29) is 12.5 Å². The molecule has 21 heavy (non-hydrogen) atoms. The maximum Gasteiger partial charge on any atom is 0.241 e. The molecule has 1 amide bonds. The number of unbranched alkanes of at least 4 members (excludes halogenated alkanes) is 5. The quantitative estimate of drug-likeness (QED) is 0.569. The highest BCUT2D eigenvalue weighted by Gasteiger charge is 2.01. The van der Waals surface area contributed by atoms with Crippen molar-refractivity contribution in [1.29, 1.82) is 0 Å². The van der Waals surface area contributed by atoms with Crippen molar-refractivity contribution in [2.45, 2.75) is 58.4 Å². The van der Waals surface area contributed by atoms with E-state index in [0.717, 1.165) is 26.1 Å². The topological polar surface area (TPSA) is 56.1 Å². The van der Waals surface area contributed by atoms with Gasteiger partial charge in [-0.25, -0.2) is 0 Å². The second-order valence-corrected chi connectivity index (χ2v) is 5.29. The van der Waals surface area contributed by atoms with Crippen LogP contribution in [0.2, 0.25) is 0 Å². The van der Waals surface area contributed by atoms with Crippen LogP contribution in [0.5, 0.6) is 0 Å². The number of aromatic nitrogens is 2. The minimum absolute atomic E-state index is 0.00498. The minimum atomic E-state index is -0.00498. The molecule has 1 aromatic heterocycles. The average Bonchev–Trinajstić information content (AvgIpc) is 2.97. The van der Waals surface area contributed by atoms with E-state index in [1.54, 1.807) is 17.1 Å². The van der Waals surface area contributed by atoms with Gasteiger partial charge in [0.25, 0.3) is 0 Å². The zero-order valence-electron chi connectivity index (χ0n) is 13.2. The summed E-state index contributed by atoms with van der Waals surface area (Å²) < 4.78 is 7.17. The number of hydrogen-bond acceptors (Lipinski definition) is 3. The molecule has 0 aliphatic rings. The lowest BCUT2D eigenvalue weighted by Gasteiger charge is -2.06. The van der Waals surface area contributed by atoms with Crippen molar-refractivity contribution in [2.75, 3.05) is 19.8 Å². The van der Waals surface area contributed by atoms with Gasteiger partial charge in [-0.2, -0.15) is 5.10 Å². The van der Waals surface area contributed by atoms with Crippen LogP contribution in [-0.4, -0.2) is 35.4 Å². The van der Waals surface area contributed by atoms with E-state index in [1.807, 2.05) is 6.07 Å². The van der Waals surface area contributed by atoms with Crippen LogP contribution >= 0.6 is 0 Å². The molecule has 1 aromatic rings. The summed E-state index contributed by atoms with van der Waals surface area (Å²) in [6.45, 7) is 4.74. The Labute approximate surface area is 128 Å². The molecule has 0 bridgehead atoms. The average molecular weight is 295 g/mol. The largest absolute Gasteiger partial charge is 0.381 e. The van der Waals surface area contributed by atoms with Crippen LogP contribution in [0.4, 0.5) is 0 Å². The summed E-state index contributed by atoms with van der Waals surface area (Å²) in [6.07, 6.45) is 12.0. The van der Waals surface area contributed by atoms with Crippen molar-refractivity contribution >= 4 is 5.91 Å². The normalized spacial score (nSPS) is 10.7. The first-order chi connectivity index (χ1) is 10.3. The predicted molar refractivity (Wildman–Crippen MR) is 84.0 cm³/mol. The molecular formula is C16H29N3O2. The lowest BCUT2D eigenvalue weighted by atomic mass is 10.1. The van der Waals surface area contributed by atoms with E-state index in [4.69, 9.17) is 4.74 Å². The van der Waals surface area contributed by atoms with Crippen molar-refractivity contribution in [3.05, 3.63) is 18.5 Å². The van der Waals surface area contributed by atoms with Gasteiger partial charge >= 0.3 is 0 Å². The Hall–Kier alpha value is -1.36. The van der Waals surface area contributed by atoms with E-state index >= 15 is 0 Å². The molecule has 0 saturated carbocycles. The summed E-state index contributed by atoms with van der Waals surface area (Å²) in [5, 5.41) is 6.86. The van der Waals surface area contributed by atoms with Crippen LogP contribution in [-0.2, 0) is 16.1 Å². The highest BCUT2D eigenvalue weighted by atomic mass is 16.5. The zero-order chi connectivity index (χ0) is 15.2. The summed E-state index contributed by atoms with van der Waals surface area (Å²) in [6, 6.07) is 1.81. The van der Waals surface area contributed by atoms with Crippen molar-refractivity contribution in [3.63, 3.8) is 0 Å². The lowest BCUT2D eigenvalue weighted by molar-refractivity contribution is -0.121. The minimum Gasteiger partial charge on any atom is -0.381 e. The first-order valence-corrected chi connectivity index (χ1v) is 8.14. The monoisotopic (exact) mass is 295 g/mol. The van der Waals surface area contributed by atoms with Gasteiger partial charge in [0.15, 0.2) is 0 Å². The van der Waals surface area contributed by atoms with Gasteiger partial charge in [-0.15, -0.1) is 0 Å². The molecule has 0 unspecified atom stereocenters. The van der Waals surface area contributed by atoms with Gasteiger partial charge in [-0.3, -0.25) is 9.48 Å². The van der Waals surface area contributed by atoms with Crippen molar-refractivity contribution < 1.29 is 9.53 Å². The third-order valence-corrected chi connectivity index (χ3v) is 3.29. The number of amides is 1. The van der Waals surface area contributed by atoms with E-state index in [9.17, 15) is 4.79 Å². The molecule has 1 rings (SSSR count). The second-order valence-electron chi connectivity index (χ2n) is 5.29. The summed E-state index contributed by atoms with van der Waals surface area (Å²) in [5.74, 6) is -0.00498. The first kappa shape index (κ1) is 17.7. The Bertz CT molecular complexity index is 352. The maximum absolute atomic E-state index is 11.6. The zero-order valence-corrected chi connectivity index (χ0v) is 13.2. The van der Waals surface area contributed by atoms with Crippen molar-refractivity contribution in [1.82, 2.24) is 15.1 Å². The van der Waals surface area contributed by atoms with Crippen LogP contribution in [0.3, 0.4) is 0 Å². The molecule has 5 nitrogen and oxygen atoms in total.